The van der Waals surface area contributed by atoms with E-state index >= 15 is 0 Å². The second-order valence-corrected chi connectivity index (χ2v) is 12.7. The Morgan fingerprint density at radius 1 is 1.15 bits per heavy atom. The molecule has 1 aromatic rings. The summed E-state index contributed by atoms with van der Waals surface area (Å²) < 4.78 is 0. The number of thiazole rings is 1. The Bertz CT molecular complexity index is 904. The topological polar surface area (TPSA) is 83.1 Å². The fourth-order valence-corrected chi connectivity index (χ4v) is 7.81. The molecule has 3 atom stereocenters. The van der Waals surface area contributed by atoms with Gasteiger partial charge in [0.15, 0.2) is 5.13 Å². The highest BCUT2D eigenvalue weighted by molar-refractivity contribution is 7.13. The third kappa shape index (κ3) is 3.91. The number of rotatable bonds is 13. The summed E-state index contributed by atoms with van der Waals surface area (Å²) in [5.74, 6) is 0.740. The summed E-state index contributed by atoms with van der Waals surface area (Å²) in [7, 11) is 2.04. The molecule has 0 radical (unpaired) electrons. The van der Waals surface area contributed by atoms with Crippen LogP contribution in [0.2, 0.25) is 0 Å². The van der Waals surface area contributed by atoms with E-state index in [1.54, 1.807) is 6.20 Å². The van der Waals surface area contributed by atoms with E-state index < -0.39 is 0 Å². The van der Waals surface area contributed by atoms with E-state index in [1.165, 1.54) is 11.3 Å². The zero-order valence-corrected chi connectivity index (χ0v) is 22.8. The predicted octanol–water partition coefficient (Wildman–Crippen LogP) is 5.51. The van der Waals surface area contributed by atoms with E-state index in [0.717, 1.165) is 57.8 Å². The average molecular weight is 489 g/mol. The molecule has 1 heterocycles. The minimum absolute atomic E-state index is 0.0184. The monoisotopic (exact) mass is 488 g/mol. The number of nitrogens with zero attached hydrogens (tertiary/aromatic N) is 1. The molecule has 3 fully saturated rings. The molecule has 3 aliphatic rings. The molecule has 190 valence electrons. The summed E-state index contributed by atoms with van der Waals surface area (Å²) in [5.41, 5.74) is -0.957. The van der Waals surface area contributed by atoms with Gasteiger partial charge in [0, 0.05) is 34.5 Å². The number of amides is 2. The second-order valence-electron chi connectivity index (χ2n) is 11.8. The zero-order chi connectivity index (χ0) is 24.8. The molecule has 3 unspecified atom stereocenters. The van der Waals surface area contributed by atoms with E-state index in [1.807, 2.05) is 12.4 Å². The van der Waals surface area contributed by atoms with E-state index in [2.05, 4.69) is 55.6 Å². The van der Waals surface area contributed by atoms with Gasteiger partial charge in [0.2, 0.25) is 11.8 Å². The SMILES string of the molecule is CCCC(C)(NC(=O)CC1(C(C)(NC)C(C)CC)CC1)C1(C2(C(=O)Nc3nccs3)CC2)CC1. The molecule has 7 heteroatoms. The normalized spacial score (nSPS) is 25.4. The lowest BCUT2D eigenvalue weighted by Crippen LogP contribution is -2.59. The first kappa shape index (κ1) is 25.6. The summed E-state index contributed by atoms with van der Waals surface area (Å²) in [4.78, 5) is 31.4. The summed E-state index contributed by atoms with van der Waals surface area (Å²) >= 11 is 1.46. The van der Waals surface area contributed by atoms with Gasteiger partial charge in [-0.05, 0) is 77.2 Å². The maximum Gasteiger partial charge on any atom is 0.233 e. The minimum Gasteiger partial charge on any atom is -0.350 e. The lowest BCUT2D eigenvalue weighted by Gasteiger charge is -2.46. The van der Waals surface area contributed by atoms with Crippen LogP contribution in [0.3, 0.4) is 0 Å². The summed E-state index contributed by atoms with van der Waals surface area (Å²) in [6.45, 7) is 11.2. The standard InChI is InChI=1S/C27H44N4O2S/c1-7-9-23(4,31-20(32)18-25(10-11-25)24(5,28-6)19(3)8-2)27(14-15-27)26(12-13-26)21(33)30-22-29-16-17-34-22/h16-17,19,28H,7-15,18H2,1-6H3,(H,31,32)(H,29,30,33). The first-order valence-electron chi connectivity index (χ1n) is 13.3. The Morgan fingerprint density at radius 3 is 2.26 bits per heavy atom. The van der Waals surface area contributed by atoms with Gasteiger partial charge in [0.05, 0.1) is 5.41 Å². The molecule has 3 N–H and O–H groups in total. The van der Waals surface area contributed by atoms with Crippen molar-refractivity contribution in [3.8, 4) is 0 Å². The van der Waals surface area contributed by atoms with Crippen molar-refractivity contribution in [3.05, 3.63) is 11.6 Å². The smallest absolute Gasteiger partial charge is 0.233 e. The van der Waals surface area contributed by atoms with Crippen molar-refractivity contribution in [3.63, 3.8) is 0 Å². The third-order valence-electron chi connectivity index (χ3n) is 10.3. The molecule has 3 aliphatic carbocycles. The highest BCUT2D eigenvalue weighted by Gasteiger charge is 2.75. The van der Waals surface area contributed by atoms with Crippen molar-refractivity contribution < 1.29 is 9.59 Å². The molecule has 0 bridgehead atoms. The van der Waals surface area contributed by atoms with Gasteiger partial charge >= 0.3 is 0 Å². The second kappa shape index (κ2) is 8.88. The number of carbonyl (C=O) groups is 2. The fraction of sp³-hybridized carbons (Fsp3) is 0.815. The fourth-order valence-electron chi connectivity index (χ4n) is 7.29. The van der Waals surface area contributed by atoms with Crippen LogP contribution in [0, 0.1) is 22.2 Å². The molecule has 6 nitrogen and oxygen atoms in total. The summed E-state index contributed by atoms with van der Waals surface area (Å²) in [6, 6.07) is 0. The molecule has 0 aromatic carbocycles. The molecule has 0 aliphatic heterocycles. The van der Waals surface area contributed by atoms with Crippen molar-refractivity contribution in [1.29, 1.82) is 0 Å². The van der Waals surface area contributed by atoms with Crippen molar-refractivity contribution in [1.82, 2.24) is 15.6 Å². The molecule has 0 saturated heterocycles. The third-order valence-corrected chi connectivity index (χ3v) is 11.0. The van der Waals surface area contributed by atoms with Crippen LogP contribution in [-0.2, 0) is 9.59 Å². The first-order chi connectivity index (χ1) is 16.1. The number of nitrogens with one attached hydrogen (secondary N) is 3. The van der Waals surface area contributed by atoms with E-state index in [9.17, 15) is 9.59 Å². The van der Waals surface area contributed by atoms with Crippen molar-refractivity contribution in [2.24, 2.45) is 22.2 Å². The molecular weight excluding hydrogens is 444 g/mol. The Balaban J connectivity index is 1.52. The van der Waals surface area contributed by atoms with Crippen LogP contribution in [0.15, 0.2) is 11.6 Å². The predicted molar refractivity (Wildman–Crippen MR) is 139 cm³/mol. The van der Waals surface area contributed by atoms with E-state index in [0.29, 0.717) is 17.5 Å². The summed E-state index contributed by atoms with van der Waals surface area (Å²) in [5, 5.41) is 12.8. The Kier molecular flexibility index (Phi) is 6.69. The van der Waals surface area contributed by atoms with Gasteiger partial charge in [-0.3, -0.25) is 9.59 Å². The maximum atomic E-state index is 13.7. The van der Waals surface area contributed by atoms with E-state index in [4.69, 9.17) is 0 Å². The number of hydrogen-bond donors (Lipinski definition) is 3. The van der Waals surface area contributed by atoms with Crippen LogP contribution in [0.25, 0.3) is 0 Å². The van der Waals surface area contributed by atoms with Gasteiger partial charge < -0.3 is 16.0 Å². The van der Waals surface area contributed by atoms with Gasteiger partial charge in [0.25, 0.3) is 0 Å². The summed E-state index contributed by atoms with van der Waals surface area (Å²) in [6.07, 6.45) is 11.2. The van der Waals surface area contributed by atoms with Crippen LogP contribution in [0.1, 0.15) is 98.8 Å². The van der Waals surface area contributed by atoms with Gasteiger partial charge in [0.1, 0.15) is 0 Å². The van der Waals surface area contributed by atoms with Crippen molar-refractivity contribution in [2.75, 3.05) is 12.4 Å². The maximum absolute atomic E-state index is 13.7. The van der Waals surface area contributed by atoms with Gasteiger partial charge in [-0.25, -0.2) is 4.98 Å². The van der Waals surface area contributed by atoms with Crippen LogP contribution in [0.4, 0.5) is 5.13 Å². The molecule has 34 heavy (non-hydrogen) atoms. The first-order valence-corrected chi connectivity index (χ1v) is 14.2. The van der Waals surface area contributed by atoms with Crippen molar-refractivity contribution >= 4 is 28.3 Å². The number of carbonyl (C=O) groups excluding carboxylic acids is 2. The molecule has 0 spiro atoms. The number of anilines is 1. The van der Waals surface area contributed by atoms with Gasteiger partial charge in [-0.15, -0.1) is 11.3 Å². The minimum atomic E-state index is -0.386. The van der Waals surface area contributed by atoms with Crippen LogP contribution >= 0.6 is 11.3 Å². The molecule has 1 aromatic heterocycles. The molecule has 3 saturated carbocycles. The Labute approximate surface area is 209 Å². The lowest BCUT2D eigenvalue weighted by atomic mass is 9.67. The Morgan fingerprint density at radius 2 is 1.82 bits per heavy atom. The largest absolute Gasteiger partial charge is 0.350 e. The number of hydrogen-bond acceptors (Lipinski definition) is 5. The average Bonchev–Trinajstić information content (AvgIpc) is 3.69. The molecular formula is C27H44N4O2S. The highest BCUT2D eigenvalue weighted by atomic mass is 32.1. The van der Waals surface area contributed by atoms with Crippen LogP contribution in [0.5, 0.6) is 0 Å². The van der Waals surface area contributed by atoms with Gasteiger partial charge in [-0.2, -0.15) is 0 Å². The molecule has 2 amide bonds. The van der Waals surface area contributed by atoms with Crippen molar-refractivity contribution in [2.45, 2.75) is 110 Å². The highest BCUT2D eigenvalue weighted by Crippen LogP contribution is 2.75. The lowest BCUT2D eigenvalue weighted by molar-refractivity contribution is -0.131. The van der Waals surface area contributed by atoms with Crippen LogP contribution < -0.4 is 16.0 Å². The number of aromatic nitrogens is 1. The zero-order valence-electron chi connectivity index (χ0n) is 22.0. The quantitative estimate of drug-likeness (QED) is 0.342. The molecule has 4 rings (SSSR count). The van der Waals surface area contributed by atoms with E-state index in [-0.39, 0.29) is 39.1 Å². The van der Waals surface area contributed by atoms with Crippen LogP contribution in [-0.4, -0.2) is 34.9 Å². The van der Waals surface area contributed by atoms with Gasteiger partial charge in [-0.1, -0.05) is 33.6 Å². The Hall–Kier alpha value is -1.47.